The highest BCUT2D eigenvalue weighted by Gasteiger charge is 2.36. The minimum atomic E-state index is -1.37. The van der Waals surface area contributed by atoms with Crippen LogP contribution in [0.25, 0.3) is 16.7 Å². The van der Waals surface area contributed by atoms with Crippen LogP contribution in [0.2, 0.25) is 0 Å². The highest BCUT2D eigenvalue weighted by molar-refractivity contribution is 7.85. The Morgan fingerprint density at radius 2 is 1.77 bits per heavy atom. The summed E-state index contributed by atoms with van der Waals surface area (Å²) in [5, 5.41) is 15.4. The Morgan fingerprint density at radius 3 is 2.25 bits per heavy atom. The molecule has 0 radical (unpaired) electrons. The first kappa shape index (κ1) is 33.6. The van der Waals surface area contributed by atoms with Crippen LogP contribution >= 0.6 is 0 Å². The monoisotopic (exact) mass is 577 g/mol. The Balaban J connectivity index is 0.000000621. The summed E-state index contributed by atoms with van der Waals surface area (Å²) >= 11 is 0. The van der Waals surface area contributed by atoms with E-state index in [-0.39, 0.29) is 18.7 Å². The van der Waals surface area contributed by atoms with E-state index in [0.717, 1.165) is 53.6 Å². The highest BCUT2D eigenvalue weighted by Crippen LogP contribution is 2.51. The average molecular weight is 578 g/mol. The number of carboxylic acid groups (broad SMARTS) is 1. The number of fused-ring (bicyclic) bond motifs is 3. The van der Waals surface area contributed by atoms with Gasteiger partial charge in [-0.3, -0.25) is 13.5 Å². The van der Waals surface area contributed by atoms with Crippen molar-refractivity contribution in [3.63, 3.8) is 0 Å². The quantitative estimate of drug-likeness (QED) is 0.354. The Kier molecular flexibility index (Phi) is 11.6. The molecule has 5 nitrogen and oxygen atoms in total. The van der Waals surface area contributed by atoms with Gasteiger partial charge in [-0.05, 0) is 110 Å². The molecule has 40 heavy (non-hydrogen) atoms. The number of benzene rings is 2. The van der Waals surface area contributed by atoms with Crippen LogP contribution in [-0.4, -0.2) is 39.4 Å². The third-order valence-corrected chi connectivity index (χ3v) is 8.17. The molecule has 222 valence electrons. The van der Waals surface area contributed by atoms with Gasteiger partial charge in [-0.15, -0.1) is 0 Å². The molecule has 4 rings (SSSR count). The van der Waals surface area contributed by atoms with Crippen LogP contribution in [-0.2, 0) is 22.2 Å². The molecule has 2 N–H and O–H groups in total. The smallest absolute Gasteiger partial charge is 0.290 e. The first-order valence-electron chi connectivity index (χ1n) is 13.7. The van der Waals surface area contributed by atoms with E-state index in [4.69, 9.17) is 15.0 Å². The zero-order valence-corrected chi connectivity index (χ0v) is 25.9. The maximum Gasteiger partial charge on any atom is 0.290 e. The molecule has 2 atom stereocenters. The van der Waals surface area contributed by atoms with E-state index in [1.807, 2.05) is 4.31 Å². The number of halogens is 2. The summed E-state index contributed by atoms with van der Waals surface area (Å²) in [7, 11) is -1.37. The Labute approximate surface area is 240 Å². The molecular formula is C32H45F2NO4S. The van der Waals surface area contributed by atoms with Crippen molar-refractivity contribution in [2.24, 2.45) is 5.41 Å². The zero-order chi connectivity index (χ0) is 30.4. The van der Waals surface area contributed by atoms with Gasteiger partial charge >= 0.3 is 0 Å². The molecule has 2 aromatic rings. The lowest BCUT2D eigenvalue weighted by molar-refractivity contribution is -0.122. The van der Waals surface area contributed by atoms with E-state index in [0.29, 0.717) is 5.41 Å². The molecule has 0 saturated heterocycles. The molecule has 2 aromatic carbocycles. The van der Waals surface area contributed by atoms with Crippen LogP contribution in [0.3, 0.4) is 0 Å². The Morgan fingerprint density at radius 1 is 1.18 bits per heavy atom. The van der Waals surface area contributed by atoms with Crippen molar-refractivity contribution >= 4 is 28.7 Å². The lowest BCUT2D eigenvalue weighted by Crippen LogP contribution is -2.35. The molecule has 0 saturated carbocycles. The fourth-order valence-electron chi connectivity index (χ4n) is 5.42. The maximum atomic E-state index is 14.3. The molecule has 8 heteroatoms. The molecule has 1 aliphatic heterocycles. The van der Waals surface area contributed by atoms with Crippen molar-refractivity contribution in [1.82, 2.24) is 0 Å². The van der Waals surface area contributed by atoms with Crippen LogP contribution in [0.1, 0.15) is 95.5 Å². The third-order valence-electron chi connectivity index (χ3n) is 7.17. The second kappa shape index (κ2) is 13.9. The van der Waals surface area contributed by atoms with Gasteiger partial charge in [0, 0.05) is 18.2 Å². The molecule has 1 aliphatic carbocycles. The van der Waals surface area contributed by atoms with Gasteiger partial charge in [-0.25, -0.2) is 8.60 Å². The van der Waals surface area contributed by atoms with Crippen molar-refractivity contribution in [1.29, 1.82) is 0 Å². The minimum Gasteiger partial charge on any atom is -0.483 e. The number of alkyl halides is 1. The predicted octanol–water partition coefficient (Wildman–Crippen LogP) is 7.95. The van der Waals surface area contributed by atoms with Crippen molar-refractivity contribution in [2.45, 2.75) is 92.2 Å². The number of anilines is 1. The normalized spacial score (nSPS) is 18.1. The third kappa shape index (κ3) is 8.23. The lowest BCUT2D eigenvalue weighted by atomic mass is 9.75. The molecule has 0 aromatic heterocycles. The van der Waals surface area contributed by atoms with Gasteiger partial charge in [0.15, 0.2) is 0 Å². The molecule has 0 fully saturated rings. The summed E-state index contributed by atoms with van der Waals surface area (Å²) in [5.74, 6) is -0.350. The Bertz CT molecular complexity index is 1240. The SMILES string of the molecule is CC(C)(C)O.CCc1c(C2=CCC(C)(C)CC2)cc2c(c1C)N(S(C)=O)C(CCF)c1cc(F)ccc1-2.O=CO. The number of hydrogen-bond acceptors (Lipinski definition) is 3. The topological polar surface area (TPSA) is 77.8 Å². The van der Waals surface area contributed by atoms with Gasteiger partial charge in [0.2, 0.25) is 0 Å². The molecule has 0 spiro atoms. The fourth-order valence-corrected chi connectivity index (χ4v) is 6.49. The van der Waals surface area contributed by atoms with E-state index in [1.54, 1.807) is 33.1 Å². The first-order valence-corrected chi connectivity index (χ1v) is 15.3. The highest BCUT2D eigenvalue weighted by atomic mass is 32.2. The van der Waals surface area contributed by atoms with E-state index in [9.17, 15) is 13.0 Å². The number of aliphatic hydroxyl groups is 1. The van der Waals surface area contributed by atoms with Gasteiger partial charge in [0.25, 0.3) is 6.47 Å². The van der Waals surface area contributed by atoms with Gasteiger partial charge in [-0.1, -0.05) is 32.9 Å². The summed E-state index contributed by atoms with van der Waals surface area (Å²) in [4.78, 5) is 8.36. The molecular weight excluding hydrogens is 532 g/mol. The summed E-state index contributed by atoms with van der Waals surface area (Å²) in [6.45, 7) is 13.3. The molecule has 0 amide bonds. The summed E-state index contributed by atoms with van der Waals surface area (Å²) < 4.78 is 42.6. The largest absolute Gasteiger partial charge is 0.483 e. The summed E-state index contributed by atoms with van der Waals surface area (Å²) in [5.41, 5.74) is 8.31. The van der Waals surface area contributed by atoms with Crippen LogP contribution in [0, 0.1) is 18.2 Å². The number of carbonyl (C=O) groups is 1. The molecule has 2 unspecified atom stereocenters. The van der Waals surface area contributed by atoms with Crippen molar-refractivity contribution in [2.75, 3.05) is 17.2 Å². The van der Waals surface area contributed by atoms with Gasteiger partial charge in [0.05, 0.1) is 24.0 Å². The van der Waals surface area contributed by atoms with Crippen LogP contribution in [0.4, 0.5) is 14.5 Å². The van der Waals surface area contributed by atoms with E-state index in [1.165, 1.54) is 28.8 Å². The molecule has 2 aliphatic rings. The van der Waals surface area contributed by atoms with Gasteiger partial charge in [0.1, 0.15) is 16.8 Å². The number of rotatable bonds is 5. The van der Waals surface area contributed by atoms with Crippen molar-refractivity contribution < 1.29 is 28.0 Å². The van der Waals surface area contributed by atoms with E-state index < -0.39 is 29.3 Å². The number of hydrogen-bond donors (Lipinski definition) is 2. The standard InChI is InChI=1S/C27H33F2NOS.C4H10O.CH2O2/c1-6-20-17(2)26-24(16-22(20)18-9-12-27(3,4)13-10-18)21-8-7-19(29)15-23(21)25(11-14-28)30(26)32(5)31;1-4(2,3)5;2-1-3/h7-9,15-16,25H,6,10-14H2,1-5H3;5H,1-3H3;1H,(H,2,3). The second-order valence-electron chi connectivity index (χ2n) is 12.1. The number of allylic oxidation sites excluding steroid dienone is 2. The van der Waals surface area contributed by atoms with E-state index >= 15 is 0 Å². The van der Waals surface area contributed by atoms with Crippen molar-refractivity contribution in [3.05, 3.63) is 58.4 Å². The lowest BCUT2D eigenvalue weighted by Gasteiger charge is -2.40. The molecule has 0 bridgehead atoms. The van der Waals surface area contributed by atoms with Gasteiger partial charge in [-0.2, -0.15) is 0 Å². The second-order valence-corrected chi connectivity index (χ2v) is 13.4. The van der Waals surface area contributed by atoms with Gasteiger partial charge < -0.3 is 10.2 Å². The van der Waals surface area contributed by atoms with Crippen LogP contribution in [0.5, 0.6) is 0 Å². The fraction of sp³-hybridized carbons (Fsp3) is 0.531. The Hall–Kier alpha value is -2.58. The first-order chi connectivity index (χ1) is 18.6. The average Bonchev–Trinajstić information content (AvgIpc) is 2.83. The number of nitrogens with zero attached hydrogens (tertiary/aromatic N) is 1. The molecule has 1 heterocycles. The zero-order valence-electron chi connectivity index (χ0n) is 25.1. The summed E-state index contributed by atoms with van der Waals surface area (Å²) in [6.07, 6.45) is 8.27. The predicted molar refractivity (Wildman–Crippen MR) is 162 cm³/mol. The van der Waals surface area contributed by atoms with Crippen molar-refractivity contribution in [3.8, 4) is 11.1 Å². The van der Waals surface area contributed by atoms with Crippen LogP contribution < -0.4 is 4.31 Å². The maximum absolute atomic E-state index is 14.3. The van der Waals surface area contributed by atoms with E-state index in [2.05, 4.69) is 39.8 Å². The summed E-state index contributed by atoms with van der Waals surface area (Å²) in [6, 6.07) is 6.53. The van der Waals surface area contributed by atoms with Crippen LogP contribution in [0.15, 0.2) is 30.3 Å². The minimum absolute atomic E-state index is 0.179.